The largest absolute Gasteiger partial charge is 0.384 e. The van der Waals surface area contributed by atoms with E-state index in [2.05, 4.69) is 30.5 Å². The van der Waals surface area contributed by atoms with Crippen LogP contribution >= 0.6 is 0 Å². The fourth-order valence-electron chi connectivity index (χ4n) is 3.82. The Kier molecular flexibility index (Phi) is 4.18. The van der Waals surface area contributed by atoms with Crippen molar-refractivity contribution in [2.75, 3.05) is 11.9 Å². The number of rotatable bonds is 3. The van der Waals surface area contributed by atoms with E-state index in [0.29, 0.717) is 17.9 Å². The number of amides is 1. The summed E-state index contributed by atoms with van der Waals surface area (Å²) in [6.07, 6.45) is 5.97. The predicted octanol–water partition coefficient (Wildman–Crippen LogP) is 3.60. The molecule has 0 saturated heterocycles. The van der Waals surface area contributed by atoms with Crippen molar-refractivity contribution in [2.45, 2.75) is 52.0 Å². The monoisotopic (exact) mass is 286 g/mol. The predicted molar refractivity (Wildman–Crippen MR) is 86.7 cm³/mol. The Balaban J connectivity index is 1.70. The Bertz CT molecular complexity index is 524. The van der Waals surface area contributed by atoms with Gasteiger partial charge < -0.3 is 10.6 Å². The van der Waals surface area contributed by atoms with Crippen LogP contribution in [-0.2, 0) is 6.42 Å². The van der Waals surface area contributed by atoms with Gasteiger partial charge in [0.15, 0.2) is 0 Å². The summed E-state index contributed by atoms with van der Waals surface area (Å²) in [6, 6.07) is 6.40. The maximum absolute atomic E-state index is 12.5. The van der Waals surface area contributed by atoms with Crippen molar-refractivity contribution in [1.82, 2.24) is 5.32 Å². The first-order valence-electron chi connectivity index (χ1n) is 8.33. The molecular formula is C18H26N2O. The molecule has 3 heteroatoms. The third-order valence-electron chi connectivity index (χ3n) is 5.07. The summed E-state index contributed by atoms with van der Waals surface area (Å²) in [7, 11) is 0. The molecule has 2 unspecified atom stereocenters. The first-order chi connectivity index (χ1) is 10.1. The van der Waals surface area contributed by atoms with Crippen LogP contribution in [0, 0.1) is 11.8 Å². The Morgan fingerprint density at radius 1 is 1.29 bits per heavy atom. The van der Waals surface area contributed by atoms with Gasteiger partial charge in [0.05, 0.1) is 0 Å². The molecule has 0 bridgehead atoms. The van der Waals surface area contributed by atoms with Gasteiger partial charge in [0.1, 0.15) is 0 Å². The molecule has 0 radical (unpaired) electrons. The highest BCUT2D eigenvalue weighted by Gasteiger charge is 2.29. The Hall–Kier alpha value is -1.51. The summed E-state index contributed by atoms with van der Waals surface area (Å²) in [4.78, 5) is 12.5. The van der Waals surface area contributed by atoms with E-state index in [4.69, 9.17) is 0 Å². The molecular weight excluding hydrogens is 260 g/mol. The van der Waals surface area contributed by atoms with Crippen molar-refractivity contribution in [3.63, 3.8) is 0 Å². The lowest BCUT2D eigenvalue weighted by Crippen LogP contribution is -2.43. The molecule has 1 aromatic rings. The molecule has 1 aliphatic heterocycles. The van der Waals surface area contributed by atoms with Gasteiger partial charge in [-0.25, -0.2) is 0 Å². The van der Waals surface area contributed by atoms with E-state index in [0.717, 1.165) is 30.6 Å². The number of hydrogen-bond acceptors (Lipinski definition) is 2. The smallest absolute Gasteiger partial charge is 0.251 e. The van der Waals surface area contributed by atoms with Crippen LogP contribution in [0.25, 0.3) is 0 Å². The minimum absolute atomic E-state index is 0.0871. The van der Waals surface area contributed by atoms with E-state index < -0.39 is 0 Å². The Morgan fingerprint density at radius 2 is 2.10 bits per heavy atom. The molecule has 21 heavy (non-hydrogen) atoms. The Morgan fingerprint density at radius 3 is 2.90 bits per heavy atom. The van der Waals surface area contributed by atoms with Gasteiger partial charge in [-0.3, -0.25) is 4.79 Å². The zero-order valence-corrected chi connectivity index (χ0v) is 13.1. The summed E-state index contributed by atoms with van der Waals surface area (Å²) in [5.41, 5.74) is 3.24. The highest BCUT2D eigenvalue weighted by molar-refractivity contribution is 5.95. The summed E-state index contributed by atoms with van der Waals surface area (Å²) >= 11 is 0. The molecule has 2 N–H and O–H groups in total. The van der Waals surface area contributed by atoms with Crippen LogP contribution in [-0.4, -0.2) is 18.5 Å². The SMILES string of the molecule is CC(C)C1CCCCC1NC(=O)c1ccc2c(c1)NCC2. The lowest BCUT2D eigenvalue weighted by atomic mass is 9.78. The first kappa shape index (κ1) is 14.4. The Labute approximate surface area is 127 Å². The lowest BCUT2D eigenvalue weighted by molar-refractivity contribution is 0.0889. The number of anilines is 1. The van der Waals surface area contributed by atoms with Crippen molar-refractivity contribution < 1.29 is 4.79 Å². The molecule has 1 saturated carbocycles. The van der Waals surface area contributed by atoms with Gasteiger partial charge >= 0.3 is 0 Å². The first-order valence-corrected chi connectivity index (χ1v) is 8.33. The highest BCUT2D eigenvalue weighted by atomic mass is 16.1. The number of carbonyl (C=O) groups is 1. The standard InChI is InChI=1S/C18H26N2O/c1-12(2)15-5-3-4-6-16(15)20-18(21)14-8-7-13-9-10-19-17(13)11-14/h7-8,11-12,15-16,19H,3-6,9-10H2,1-2H3,(H,20,21). The van der Waals surface area contributed by atoms with Crippen molar-refractivity contribution >= 4 is 11.6 Å². The molecule has 1 heterocycles. The molecule has 0 aromatic heterocycles. The molecule has 0 spiro atoms. The van der Waals surface area contributed by atoms with Crippen LogP contribution < -0.4 is 10.6 Å². The van der Waals surface area contributed by atoms with Gasteiger partial charge in [-0.1, -0.05) is 32.8 Å². The van der Waals surface area contributed by atoms with Crippen molar-refractivity contribution in [3.05, 3.63) is 29.3 Å². The second kappa shape index (κ2) is 6.08. The van der Waals surface area contributed by atoms with E-state index in [1.165, 1.54) is 24.8 Å². The third-order valence-corrected chi connectivity index (χ3v) is 5.07. The minimum atomic E-state index is 0.0871. The highest BCUT2D eigenvalue weighted by Crippen LogP contribution is 2.30. The zero-order valence-electron chi connectivity index (χ0n) is 13.1. The zero-order chi connectivity index (χ0) is 14.8. The van der Waals surface area contributed by atoms with E-state index >= 15 is 0 Å². The van der Waals surface area contributed by atoms with Gasteiger partial charge in [-0.15, -0.1) is 0 Å². The van der Waals surface area contributed by atoms with Gasteiger partial charge in [0.25, 0.3) is 5.91 Å². The number of hydrogen-bond donors (Lipinski definition) is 2. The molecule has 2 aliphatic rings. The fourth-order valence-corrected chi connectivity index (χ4v) is 3.82. The molecule has 2 atom stereocenters. The van der Waals surface area contributed by atoms with E-state index in [9.17, 15) is 4.79 Å². The summed E-state index contributed by atoms with van der Waals surface area (Å²) in [5, 5.41) is 6.64. The van der Waals surface area contributed by atoms with Gasteiger partial charge in [0, 0.05) is 23.8 Å². The van der Waals surface area contributed by atoms with Gasteiger partial charge in [-0.05, 0) is 48.8 Å². The summed E-state index contributed by atoms with van der Waals surface area (Å²) in [5.74, 6) is 1.34. The van der Waals surface area contributed by atoms with Gasteiger partial charge in [0.2, 0.25) is 0 Å². The normalized spacial score (nSPS) is 24.5. The van der Waals surface area contributed by atoms with E-state index in [-0.39, 0.29) is 5.91 Å². The van der Waals surface area contributed by atoms with Crippen LogP contribution in [0.15, 0.2) is 18.2 Å². The van der Waals surface area contributed by atoms with Crippen molar-refractivity contribution in [2.24, 2.45) is 11.8 Å². The molecule has 1 fully saturated rings. The quantitative estimate of drug-likeness (QED) is 0.891. The molecule has 1 aromatic carbocycles. The maximum Gasteiger partial charge on any atom is 0.251 e. The second-order valence-electron chi connectivity index (χ2n) is 6.82. The molecule has 114 valence electrons. The van der Waals surface area contributed by atoms with Gasteiger partial charge in [-0.2, -0.15) is 0 Å². The van der Waals surface area contributed by atoms with E-state index in [1.54, 1.807) is 0 Å². The minimum Gasteiger partial charge on any atom is -0.384 e. The fraction of sp³-hybridized carbons (Fsp3) is 0.611. The van der Waals surface area contributed by atoms with E-state index in [1.807, 2.05) is 12.1 Å². The average Bonchev–Trinajstić information content (AvgIpc) is 2.94. The van der Waals surface area contributed by atoms with Crippen molar-refractivity contribution in [3.8, 4) is 0 Å². The van der Waals surface area contributed by atoms with Crippen LogP contribution in [0.5, 0.6) is 0 Å². The van der Waals surface area contributed by atoms with Crippen LogP contribution in [0.3, 0.4) is 0 Å². The van der Waals surface area contributed by atoms with Crippen molar-refractivity contribution in [1.29, 1.82) is 0 Å². The summed E-state index contributed by atoms with van der Waals surface area (Å²) < 4.78 is 0. The lowest BCUT2D eigenvalue weighted by Gasteiger charge is -2.35. The number of fused-ring (bicyclic) bond motifs is 1. The topological polar surface area (TPSA) is 41.1 Å². The molecule has 3 rings (SSSR count). The molecule has 1 aliphatic carbocycles. The number of benzene rings is 1. The molecule has 3 nitrogen and oxygen atoms in total. The second-order valence-corrected chi connectivity index (χ2v) is 6.82. The maximum atomic E-state index is 12.5. The number of nitrogens with one attached hydrogen (secondary N) is 2. The van der Waals surface area contributed by atoms with Crippen LogP contribution in [0.2, 0.25) is 0 Å². The van der Waals surface area contributed by atoms with Crippen LogP contribution in [0.4, 0.5) is 5.69 Å². The van der Waals surface area contributed by atoms with Crippen LogP contribution in [0.1, 0.15) is 55.5 Å². The average molecular weight is 286 g/mol. The third kappa shape index (κ3) is 3.07. The summed E-state index contributed by atoms with van der Waals surface area (Å²) in [6.45, 7) is 5.53. The number of carbonyl (C=O) groups excluding carboxylic acids is 1. The molecule has 1 amide bonds.